The molecule has 1 atom stereocenters. The number of aromatic nitrogens is 1. The molecule has 0 aliphatic carbocycles. The van der Waals surface area contributed by atoms with Crippen molar-refractivity contribution in [1.29, 1.82) is 0 Å². The van der Waals surface area contributed by atoms with Crippen LogP contribution in [0.5, 0.6) is 11.8 Å². The van der Waals surface area contributed by atoms with Gasteiger partial charge in [0.05, 0.1) is 7.11 Å². The SMILES string of the molecule is COc1nc(OC2CCN(C(C)(C)C)C2)ccc1F. The maximum absolute atomic E-state index is 13.3. The highest BCUT2D eigenvalue weighted by Crippen LogP contribution is 2.25. The zero-order valence-electron chi connectivity index (χ0n) is 11.9. The minimum absolute atomic E-state index is 0.0248. The highest BCUT2D eigenvalue weighted by Gasteiger charge is 2.31. The third kappa shape index (κ3) is 3.35. The predicted octanol–water partition coefficient (Wildman–Crippen LogP) is 2.48. The number of nitrogens with zero attached hydrogens (tertiary/aromatic N) is 2. The average Bonchev–Trinajstić information content (AvgIpc) is 2.80. The molecule has 1 aromatic heterocycles. The maximum atomic E-state index is 13.3. The van der Waals surface area contributed by atoms with Crippen molar-refractivity contribution < 1.29 is 13.9 Å². The van der Waals surface area contributed by atoms with Crippen molar-refractivity contribution >= 4 is 0 Å². The number of halogens is 1. The van der Waals surface area contributed by atoms with Gasteiger partial charge >= 0.3 is 0 Å². The quantitative estimate of drug-likeness (QED) is 0.843. The van der Waals surface area contributed by atoms with Crippen molar-refractivity contribution in [1.82, 2.24) is 9.88 Å². The lowest BCUT2D eigenvalue weighted by Crippen LogP contribution is -2.40. The monoisotopic (exact) mass is 268 g/mol. The van der Waals surface area contributed by atoms with E-state index in [-0.39, 0.29) is 17.5 Å². The topological polar surface area (TPSA) is 34.6 Å². The molecule has 0 aromatic carbocycles. The van der Waals surface area contributed by atoms with E-state index >= 15 is 0 Å². The molecule has 2 rings (SSSR count). The van der Waals surface area contributed by atoms with Crippen LogP contribution in [0.15, 0.2) is 12.1 Å². The molecule has 106 valence electrons. The van der Waals surface area contributed by atoms with Gasteiger partial charge in [-0.1, -0.05) is 0 Å². The maximum Gasteiger partial charge on any atom is 0.253 e. The van der Waals surface area contributed by atoms with Gasteiger partial charge < -0.3 is 9.47 Å². The van der Waals surface area contributed by atoms with E-state index in [0.717, 1.165) is 19.5 Å². The molecule has 0 radical (unpaired) electrons. The summed E-state index contributed by atoms with van der Waals surface area (Å²) in [5, 5.41) is 0. The molecule has 5 heteroatoms. The number of ether oxygens (including phenoxy) is 2. The normalized spacial score (nSPS) is 20.6. The first-order chi connectivity index (χ1) is 8.90. The van der Waals surface area contributed by atoms with E-state index in [2.05, 4.69) is 30.7 Å². The second kappa shape index (κ2) is 5.33. The van der Waals surface area contributed by atoms with Crippen LogP contribution >= 0.6 is 0 Å². The van der Waals surface area contributed by atoms with Crippen LogP contribution in [0.3, 0.4) is 0 Å². The fraction of sp³-hybridized carbons (Fsp3) is 0.643. The van der Waals surface area contributed by atoms with Crippen LogP contribution in [0.25, 0.3) is 0 Å². The number of hydrogen-bond acceptors (Lipinski definition) is 4. The van der Waals surface area contributed by atoms with Gasteiger partial charge in [-0.15, -0.1) is 0 Å². The van der Waals surface area contributed by atoms with Crippen molar-refractivity contribution in [2.75, 3.05) is 20.2 Å². The van der Waals surface area contributed by atoms with E-state index < -0.39 is 5.82 Å². The molecule has 0 N–H and O–H groups in total. The summed E-state index contributed by atoms with van der Waals surface area (Å²) >= 11 is 0. The number of pyridine rings is 1. The Morgan fingerprint density at radius 3 is 2.68 bits per heavy atom. The second-order valence-electron chi connectivity index (χ2n) is 5.79. The summed E-state index contributed by atoms with van der Waals surface area (Å²) in [6.07, 6.45) is 1.06. The molecular weight excluding hydrogens is 247 g/mol. The molecule has 4 nitrogen and oxygen atoms in total. The van der Waals surface area contributed by atoms with Crippen LogP contribution in [-0.2, 0) is 0 Å². The molecule has 1 aliphatic rings. The summed E-state index contributed by atoms with van der Waals surface area (Å²) in [6.45, 7) is 8.44. The fourth-order valence-electron chi connectivity index (χ4n) is 2.22. The molecule has 0 amide bonds. The first-order valence-electron chi connectivity index (χ1n) is 6.52. The van der Waals surface area contributed by atoms with E-state index in [1.165, 1.54) is 19.2 Å². The number of likely N-dealkylation sites (tertiary alicyclic amines) is 1. The van der Waals surface area contributed by atoms with Crippen molar-refractivity contribution in [3.05, 3.63) is 17.9 Å². The number of rotatable bonds is 3. The molecular formula is C14H21FN2O2. The van der Waals surface area contributed by atoms with Gasteiger partial charge in [0.25, 0.3) is 5.88 Å². The second-order valence-corrected chi connectivity index (χ2v) is 5.79. The van der Waals surface area contributed by atoms with Gasteiger partial charge in [0.1, 0.15) is 6.10 Å². The van der Waals surface area contributed by atoms with Crippen molar-refractivity contribution in [2.24, 2.45) is 0 Å². The third-order valence-corrected chi connectivity index (χ3v) is 3.36. The Kier molecular flexibility index (Phi) is 3.94. The van der Waals surface area contributed by atoms with Crippen LogP contribution in [0.4, 0.5) is 4.39 Å². The van der Waals surface area contributed by atoms with Crippen LogP contribution in [0, 0.1) is 5.82 Å². The summed E-state index contributed by atoms with van der Waals surface area (Å²) in [5.74, 6) is -0.0835. The lowest BCUT2D eigenvalue weighted by Gasteiger charge is -2.31. The van der Waals surface area contributed by atoms with Crippen LogP contribution in [0.1, 0.15) is 27.2 Å². The van der Waals surface area contributed by atoms with E-state index in [0.29, 0.717) is 5.88 Å². The molecule has 1 saturated heterocycles. The van der Waals surface area contributed by atoms with Crippen molar-refractivity contribution in [2.45, 2.75) is 38.8 Å². The van der Waals surface area contributed by atoms with Gasteiger partial charge in [0.2, 0.25) is 5.88 Å². The minimum Gasteiger partial charge on any atom is -0.479 e. The molecule has 0 bridgehead atoms. The van der Waals surface area contributed by atoms with Gasteiger partial charge in [0.15, 0.2) is 5.82 Å². The standard InChI is InChI=1S/C14H21FN2O2/c1-14(2,3)17-8-7-10(9-17)19-12-6-5-11(15)13(16-12)18-4/h5-6,10H,7-9H2,1-4H3. The highest BCUT2D eigenvalue weighted by atomic mass is 19.1. The summed E-state index contributed by atoms with van der Waals surface area (Å²) in [6, 6.07) is 2.86. The Labute approximate surface area is 113 Å². The molecule has 1 unspecified atom stereocenters. The number of hydrogen-bond donors (Lipinski definition) is 0. The Morgan fingerprint density at radius 1 is 1.37 bits per heavy atom. The summed E-state index contributed by atoms with van der Waals surface area (Å²) < 4.78 is 23.9. The Bertz CT molecular complexity index is 446. The lowest BCUT2D eigenvalue weighted by atomic mass is 10.1. The lowest BCUT2D eigenvalue weighted by molar-refractivity contribution is 0.137. The molecule has 0 spiro atoms. The van der Waals surface area contributed by atoms with Crippen LogP contribution in [0.2, 0.25) is 0 Å². The van der Waals surface area contributed by atoms with Gasteiger partial charge in [-0.25, -0.2) is 4.39 Å². The van der Waals surface area contributed by atoms with E-state index in [4.69, 9.17) is 9.47 Å². The highest BCUT2D eigenvalue weighted by molar-refractivity contribution is 5.22. The first kappa shape index (κ1) is 14.1. The minimum atomic E-state index is -0.474. The summed E-state index contributed by atoms with van der Waals surface area (Å²) in [5.41, 5.74) is 0.145. The van der Waals surface area contributed by atoms with Crippen LogP contribution in [-0.4, -0.2) is 41.7 Å². The molecule has 2 heterocycles. The molecule has 0 saturated carbocycles. The molecule has 19 heavy (non-hydrogen) atoms. The fourth-order valence-corrected chi connectivity index (χ4v) is 2.22. The summed E-state index contributed by atoms with van der Waals surface area (Å²) in [4.78, 5) is 6.38. The first-order valence-corrected chi connectivity index (χ1v) is 6.52. The third-order valence-electron chi connectivity index (χ3n) is 3.36. The van der Waals surface area contributed by atoms with Crippen LogP contribution < -0.4 is 9.47 Å². The van der Waals surface area contributed by atoms with E-state index in [1.807, 2.05) is 0 Å². The summed E-state index contributed by atoms with van der Waals surface area (Å²) in [7, 11) is 1.39. The zero-order chi connectivity index (χ0) is 14.0. The Hall–Kier alpha value is -1.36. The van der Waals surface area contributed by atoms with Crippen molar-refractivity contribution in [3.8, 4) is 11.8 Å². The Morgan fingerprint density at radius 2 is 2.11 bits per heavy atom. The average molecular weight is 268 g/mol. The zero-order valence-corrected chi connectivity index (χ0v) is 11.9. The molecule has 1 aromatic rings. The van der Waals surface area contributed by atoms with E-state index in [9.17, 15) is 4.39 Å². The van der Waals surface area contributed by atoms with Crippen molar-refractivity contribution in [3.63, 3.8) is 0 Å². The van der Waals surface area contributed by atoms with Gasteiger partial charge in [-0.2, -0.15) is 4.98 Å². The molecule has 1 aliphatic heterocycles. The van der Waals surface area contributed by atoms with Gasteiger partial charge in [-0.3, -0.25) is 4.90 Å². The van der Waals surface area contributed by atoms with Gasteiger partial charge in [-0.05, 0) is 33.3 Å². The Balaban J connectivity index is 1.99. The molecule has 1 fully saturated rings. The number of methoxy groups -OCH3 is 1. The van der Waals surface area contributed by atoms with Gasteiger partial charge in [0, 0.05) is 24.7 Å². The largest absolute Gasteiger partial charge is 0.479 e. The predicted molar refractivity (Wildman–Crippen MR) is 71.1 cm³/mol. The smallest absolute Gasteiger partial charge is 0.253 e. The van der Waals surface area contributed by atoms with E-state index in [1.54, 1.807) is 0 Å².